The summed E-state index contributed by atoms with van der Waals surface area (Å²) in [4.78, 5) is 11.4. The zero-order valence-corrected chi connectivity index (χ0v) is 9.44. The van der Waals surface area contributed by atoms with E-state index in [4.69, 9.17) is 0 Å². The molecule has 1 fully saturated rings. The maximum absolute atomic E-state index is 11.4. The number of rotatable bonds is 4. The molecule has 16 heavy (non-hydrogen) atoms. The number of amides is 1. The maximum atomic E-state index is 11.4. The van der Waals surface area contributed by atoms with Crippen LogP contribution in [0.5, 0.6) is 0 Å². The smallest absolute Gasteiger partial charge is 0.223 e. The largest absolute Gasteiger partial charge is 0.387 e. The highest BCUT2D eigenvalue weighted by Gasteiger charge is 2.29. The average molecular weight is 219 g/mol. The van der Waals surface area contributed by atoms with Crippen molar-refractivity contribution in [3.05, 3.63) is 35.4 Å². The van der Waals surface area contributed by atoms with E-state index in [1.165, 1.54) is 0 Å². The quantitative estimate of drug-likeness (QED) is 0.807. The van der Waals surface area contributed by atoms with Gasteiger partial charge in [-0.1, -0.05) is 29.8 Å². The maximum Gasteiger partial charge on any atom is 0.223 e. The molecule has 0 aromatic heterocycles. The van der Waals surface area contributed by atoms with Crippen molar-refractivity contribution in [1.29, 1.82) is 0 Å². The first-order valence-corrected chi connectivity index (χ1v) is 5.69. The van der Waals surface area contributed by atoms with Crippen molar-refractivity contribution in [3.63, 3.8) is 0 Å². The van der Waals surface area contributed by atoms with Gasteiger partial charge in [-0.2, -0.15) is 0 Å². The van der Waals surface area contributed by atoms with Crippen molar-refractivity contribution in [1.82, 2.24) is 5.32 Å². The molecule has 0 spiro atoms. The summed E-state index contributed by atoms with van der Waals surface area (Å²) >= 11 is 0. The van der Waals surface area contributed by atoms with Crippen molar-refractivity contribution in [2.24, 2.45) is 5.92 Å². The number of carbonyl (C=O) groups is 1. The predicted molar refractivity (Wildman–Crippen MR) is 61.9 cm³/mol. The molecule has 1 aromatic rings. The van der Waals surface area contributed by atoms with Gasteiger partial charge in [-0.05, 0) is 25.3 Å². The van der Waals surface area contributed by atoms with E-state index in [1.807, 2.05) is 31.2 Å². The topological polar surface area (TPSA) is 49.3 Å². The van der Waals surface area contributed by atoms with E-state index >= 15 is 0 Å². The Balaban J connectivity index is 1.84. The highest BCUT2D eigenvalue weighted by Crippen LogP contribution is 2.28. The number of benzene rings is 1. The van der Waals surface area contributed by atoms with Gasteiger partial charge in [0.2, 0.25) is 5.91 Å². The molecule has 3 heteroatoms. The third kappa shape index (κ3) is 2.83. The molecule has 0 saturated heterocycles. The SMILES string of the molecule is Cc1ccc(C(O)CNC(=O)C2CC2)cc1. The van der Waals surface area contributed by atoms with Gasteiger partial charge in [0.25, 0.3) is 0 Å². The lowest BCUT2D eigenvalue weighted by molar-refractivity contribution is -0.122. The Morgan fingerprint density at radius 3 is 2.62 bits per heavy atom. The van der Waals surface area contributed by atoms with Gasteiger partial charge in [0.1, 0.15) is 0 Å². The van der Waals surface area contributed by atoms with Gasteiger partial charge in [-0.25, -0.2) is 0 Å². The van der Waals surface area contributed by atoms with E-state index in [9.17, 15) is 9.90 Å². The van der Waals surface area contributed by atoms with Crippen LogP contribution in [0.15, 0.2) is 24.3 Å². The molecule has 86 valence electrons. The first-order valence-electron chi connectivity index (χ1n) is 5.69. The van der Waals surface area contributed by atoms with Crippen LogP contribution in [-0.4, -0.2) is 17.6 Å². The standard InChI is InChI=1S/C13H17NO2/c1-9-2-4-10(5-3-9)12(15)8-14-13(16)11-6-7-11/h2-5,11-12,15H,6-8H2,1H3,(H,14,16). The molecule has 0 bridgehead atoms. The van der Waals surface area contributed by atoms with Gasteiger partial charge in [-0.3, -0.25) is 4.79 Å². The lowest BCUT2D eigenvalue weighted by atomic mass is 10.1. The van der Waals surface area contributed by atoms with Gasteiger partial charge in [0.05, 0.1) is 6.10 Å². The third-order valence-corrected chi connectivity index (χ3v) is 2.88. The second kappa shape index (κ2) is 4.66. The lowest BCUT2D eigenvalue weighted by Gasteiger charge is -2.12. The number of carbonyl (C=O) groups excluding carboxylic acids is 1. The van der Waals surface area contributed by atoms with Crippen LogP contribution >= 0.6 is 0 Å². The zero-order valence-electron chi connectivity index (χ0n) is 9.44. The summed E-state index contributed by atoms with van der Waals surface area (Å²) in [5, 5.41) is 12.6. The minimum absolute atomic E-state index is 0.0751. The van der Waals surface area contributed by atoms with Crippen molar-refractivity contribution in [3.8, 4) is 0 Å². The van der Waals surface area contributed by atoms with Crippen LogP contribution in [0.25, 0.3) is 0 Å². The summed E-state index contributed by atoms with van der Waals surface area (Å²) in [5.41, 5.74) is 2.01. The van der Waals surface area contributed by atoms with Gasteiger partial charge >= 0.3 is 0 Å². The summed E-state index contributed by atoms with van der Waals surface area (Å²) in [5.74, 6) is 0.274. The molecule has 2 rings (SSSR count). The monoisotopic (exact) mass is 219 g/mol. The summed E-state index contributed by atoms with van der Waals surface area (Å²) in [6.07, 6.45) is 1.38. The molecule has 0 radical (unpaired) electrons. The number of aliphatic hydroxyl groups is 1. The molecule has 1 saturated carbocycles. The van der Waals surface area contributed by atoms with Crippen LogP contribution < -0.4 is 5.32 Å². The Labute approximate surface area is 95.5 Å². The van der Waals surface area contributed by atoms with Crippen molar-refractivity contribution in [2.75, 3.05) is 6.54 Å². The van der Waals surface area contributed by atoms with E-state index in [0.717, 1.165) is 24.0 Å². The van der Waals surface area contributed by atoms with Crippen LogP contribution in [0.4, 0.5) is 0 Å². The summed E-state index contributed by atoms with van der Waals surface area (Å²) in [6.45, 7) is 2.31. The fraction of sp³-hybridized carbons (Fsp3) is 0.462. The van der Waals surface area contributed by atoms with Crippen LogP contribution in [0.2, 0.25) is 0 Å². The van der Waals surface area contributed by atoms with E-state index in [-0.39, 0.29) is 11.8 Å². The van der Waals surface area contributed by atoms with Crippen LogP contribution in [0, 0.1) is 12.8 Å². The fourth-order valence-electron chi connectivity index (χ4n) is 1.59. The first kappa shape index (κ1) is 11.1. The first-order chi connectivity index (χ1) is 7.66. The van der Waals surface area contributed by atoms with E-state index in [1.54, 1.807) is 0 Å². The number of aliphatic hydroxyl groups excluding tert-OH is 1. The van der Waals surface area contributed by atoms with Crippen molar-refractivity contribution in [2.45, 2.75) is 25.9 Å². The zero-order chi connectivity index (χ0) is 11.5. The van der Waals surface area contributed by atoms with Crippen LogP contribution in [0.3, 0.4) is 0 Å². The van der Waals surface area contributed by atoms with E-state index in [2.05, 4.69) is 5.32 Å². The molecule has 0 heterocycles. The lowest BCUT2D eigenvalue weighted by Crippen LogP contribution is -2.29. The Bertz CT molecular complexity index is 368. The molecular formula is C13H17NO2. The van der Waals surface area contributed by atoms with Crippen LogP contribution in [-0.2, 0) is 4.79 Å². The number of aryl methyl sites for hydroxylation is 1. The van der Waals surface area contributed by atoms with Crippen molar-refractivity contribution < 1.29 is 9.90 Å². The van der Waals surface area contributed by atoms with Gasteiger partial charge in [0, 0.05) is 12.5 Å². The van der Waals surface area contributed by atoms with E-state index < -0.39 is 6.10 Å². The molecule has 2 N–H and O–H groups in total. The van der Waals surface area contributed by atoms with E-state index in [0.29, 0.717) is 6.54 Å². The fourth-order valence-corrected chi connectivity index (χ4v) is 1.59. The van der Waals surface area contributed by atoms with Gasteiger partial charge in [-0.15, -0.1) is 0 Å². The molecular weight excluding hydrogens is 202 g/mol. The average Bonchev–Trinajstić information content (AvgIpc) is 3.10. The van der Waals surface area contributed by atoms with Gasteiger partial charge in [0.15, 0.2) is 0 Å². The second-order valence-corrected chi connectivity index (χ2v) is 4.45. The molecule has 1 aromatic carbocycles. The van der Waals surface area contributed by atoms with Crippen molar-refractivity contribution >= 4 is 5.91 Å². The Morgan fingerprint density at radius 1 is 1.44 bits per heavy atom. The normalized spacial score (nSPS) is 16.9. The molecule has 1 atom stereocenters. The molecule has 1 unspecified atom stereocenters. The Morgan fingerprint density at radius 2 is 2.06 bits per heavy atom. The Hall–Kier alpha value is -1.35. The predicted octanol–water partition coefficient (Wildman–Crippen LogP) is 1.55. The molecule has 3 nitrogen and oxygen atoms in total. The number of nitrogens with one attached hydrogen (secondary N) is 1. The molecule has 1 aliphatic carbocycles. The molecule has 0 aliphatic heterocycles. The third-order valence-electron chi connectivity index (χ3n) is 2.88. The van der Waals surface area contributed by atoms with Crippen LogP contribution in [0.1, 0.15) is 30.1 Å². The number of hydrogen-bond acceptors (Lipinski definition) is 2. The summed E-state index contributed by atoms with van der Waals surface area (Å²) in [7, 11) is 0. The second-order valence-electron chi connectivity index (χ2n) is 4.45. The highest BCUT2D eigenvalue weighted by molar-refractivity contribution is 5.80. The molecule has 1 aliphatic rings. The minimum Gasteiger partial charge on any atom is -0.387 e. The summed E-state index contributed by atoms with van der Waals surface area (Å²) < 4.78 is 0. The number of hydrogen-bond donors (Lipinski definition) is 2. The molecule has 1 amide bonds. The van der Waals surface area contributed by atoms with Gasteiger partial charge < -0.3 is 10.4 Å². The summed E-state index contributed by atoms with van der Waals surface area (Å²) in [6, 6.07) is 7.70. The highest BCUT2D eigenvalue weighted by atomic mass is 16.3. The Kier molecular flexibility index (Phi) is 3.25. The minimum atomic E-state index is -0.608.